The largest absolute Gasteiger partial charge is 0.468 e. The zero-order valence-corrected chi connectivity index (χ0v) is 13.7. The normalized spacial score (nSPS) is 18.4. The fourth-order valence-electron chi connectivity index (χ4n) is 2.41. The number of benzene rings is 1. The van der Waals surface area contributed by atoms with Crippen molar-refractivity contribution in [3.05, 3.63) is 33.3 Å². The summed E-state index contributed by atoms with van der Waals surface area (Å²) in [6.45, 7) is 3.55. The van der Waals surface area contributed by atoms with Gasteiger partial charge in [0, 0.05) is 24.1 Å². The second-order valence-electron chi connectivity index (χ2n) is 4.74. The average Bonchev–Trinajstić information content (AvgIpc) is 2.72. The van der Waals surface area contributed by atoms with Crippen molar-refractivity contribution in [1.82, 2.24) is 10.2 Å². The molecule has 6 heteroatoms. The number of carbonyl (C=O) groups excluding carboxylic acids is 1. The van der Waals surface area contributed by atoms with Crippen LogP contribution in [0, 0.1) is 0 Å². The number of hydrogen-bond acceptors (Lipinski definition) is 4. The van der Waals surface area contributed by atoms with Crippen LogP contribution in [-0.4, -0.2) is 44.2 Å². The maximum Gasteiger partial charge on any atom is 0.327 e. The van der Waals surface area contributed by atoms with Gasteiger partial charge in [0.05, 0.1) is 12.1 Å². The van der Waals surface area contributed by atoms with Crippen LogP contribution in [0.5, 0.6) is 0 Å². The molecule has 0 radical (unpaired) electrons. The summed E-state index contributed by atoms with van der Waals surface area (Å²) in [6.07, 6.45) is 1.02. The average molecular weight is 362 g/mol. The van der Waals surface area contributed by atoms with Crippen LogP contribution in [0.15, 0.2) is 22.7 Å². The highest BCUT2D eigenvalue weighted by Gasteiger charge is 2.29. The maximum absolute atomic E-state index is 12.2. The van der Waals surface area contributed by atoms with Gasteiger partial charge in [-0.1, -0.05) is 17.7 Å². The molecule has 1 unspecified atom stereocenters. The van der Waals surface area contributed by atoms with Gasteiger partial charge in [-0.25, -0.2) is 4.79 Å². The number of esters is 1. The molecule has 1 saturated heterocycles. The summed E-state index contributed by atoms with van der Waals surface area (Å²) in [7, 11) is 1.43. The van der Waals surface area contributed by atoms with Crippen molar-refractivity contribution in [2.45, 2.75) is 12.5 Å². The van der Waals surface area contributed by atoms with E-state index in [1.807, 2.05) is 12.1 Å². The number of methoxy groups -OCH3 is 1. The molecule has 1 atom stereocenters. The summed E-state index contributed by atoms with van der Waals surface area (Å²) in [6, 6.07) is 5.19. The van der Waals surface area contributed by atoms with Crippen LogP contribution >= 0.6 is 27.5 Å². The Kier molecular flexibility index (Phi) is 5.84. The second-order valence-corrected chi connectivity index (χ2v) is 6.00. The lowest BCUT2D eigenvalue weighted by atomic mass is 10.1. The van der Waals surface area contributed by atoms with Crippen LogP contribution < -0.4 is 5.32 Å². The predicted molar refractivity (Wildman–Crippen MR) is 83.0 cm³/mol. The molecule has 1 heterocycles. The van der Waals surface area contributed by atoms with Crippen molar-refractivity contribution in [1.29, 1.82) is 0 Å². The van der Waals surface area contributed by atoms with Crippen molar-refractivity contribution in [2.24, 2.45) is 0 Å². The molecule has 0 spiro atoms. The van der Waals surface area contributed by atoms with Gasteiger partial charge in [-0.3, -0.25) is 4.90 Å². The zero-order valence-electron chi connectivity index (χ0n) is 11.4. The summed E-state index contributed by atoms with van der Waals surface area (Å²) in [5, 5.41) is 3.97. The Morgan fingerprint density at radius 3 is 2.95 bits per heavy atom. The minimum atomic E-state index is -0.381. The number of nitrogens with zero attached hydrogens (tertiary/aromatic N) is 1. The van der Waals surface area contributed by atoms with E-state index in [0.717, 1.165) is 42.6 Å². The second kappa shape index (κ2) is 7.41. The van der Waals surface area contributed by atoms with Crippen molar-refractivity contribution in [2.75, 3.05) is 33.3 Å². The zero-order chi connectivity index (χ0) is 14.5. The van der Waals surface area contributed by atoms with Gasteiger partial charge in [0.2, 0.25) is 0 Å². The lowest BCUT2D eigenvalue weighted by molar-refractivity contribution is -0.147. The molecule has 20 heavy (non-hydrogen) atoms. The van der Waals surface area contributed by atoms with Gasteiger partial charge in [-0.05, 0) is 46.6 Å². The van der Waals surface area contributed by atoms with E-state index in [2.05, 4.69) is 26.1 Å². The smallest absolute Gasteiger partial charge is 0.327 e. The SMILES string of the molecule is COC(=O)C(c1ccc(Cl)c(Br)c1)N1CCCNCC1. The van der Waals surface area contributed by atoms with Gasteiger partial charge in [0.15, 0.2) is 0 Å². The van der Waals surface area contributed by atoms with E-state index in [-0.39, 0.29) is 12.0 Å². The Bertz CT molecular complexity index is 476. The molecule has 0 bridgehead atoms. The first-order chi connectivity index (χ1) is 9.63. The third-order valence-electron chi connectivity index (χ3n) is 3.42. The Hall–Kier alpha value is -0.620. The highest BCUT2D eigenvalue weighted by Crippen LogP contribution is 2.29. The van der Waals surface area contributed by atoms with Crippen molar-refractivity contribution in [3.63, 3.8) is 0 Å². The van der Waals surface area contributed by atoms with E-state index < -0.39 is 0 Å². The molecule has 1 N–H and O–H groups in total. The van der Waals surface area contributed by atoms with Gasteiger partial charge in [0.25, 0.3) is 0 Å². The molecular formula is C14H18BrClN2O2. The van der Waals surface area contributed by atoms with Gasteiger partial charge < -0.3 is 10.1 Å². The molecule has 1 aromatic rings. The van der Waals surface area contributed by atoms with Gasteiger partial charge in [-0.15, -0.1) is 0 Å². The first kappa shape index (κ1) is 15.8. The van der Waals surface area contributed by atoms with Crippen LogP contribution in [0.3, 0.4) is 0 Å². The Morgan fingerprint density at radius 2 is 2.25 bits per heavy atom. The first-order valence-electron chi connectivity index (χ1n) is 6.61. The molecule has 1 aliphatic rings. The van der Waals surface area contributed by atoms with E-state index in [1.165, 1.54) is 7.11 Å². The Morgan fingerprint density at radius 1 is 1.45 bits per heavy atom. The molecule has 1 aliphatic heterocycles. The van der Waals surface area contributed by atoms with Crippen molar-refractivity contribution in [3.8, 4) is 0 Å². The van der Waals surface area contributed by atoms with Crippen LogP contribution in [0.2, 0.25) is 5.02 Å². The molecule has 0 aliphatic carbocycles. The van der Waals surface area contributed by atoms with Crippen molar-refractivity contribution < 1.29 is 9.53 Å². The molecular weight excluding hydrogens is 344 g/mol. The third kappa shape index (κ3) is 3.73. The van der Waals surface area contributed by atoms with E-state index in [9.17, 15) is 4.79 Å². The van der Waals surface area contributed by atoms with E-state index >= 15 is 0 Å². The summed E-state index contributed by atoms with van der Waals surface area (Å²) in [5.74, 6) is -0.235. The lowest BCUT2D eigenvalue weighted by Crippen LogP contribution is -2.37. The number of halogens is 2. The number of hydrogen-bond donors (Lipinski definition) is 1. The highest BCUT2D eigenvalue weighted by atomic mass is 79.9. The van der Waals surface area contributed by atoms with Crippen LogP contribution in [0.4, 0.5) is 0 Å². The van der Waals surface area contributed by atoms with Gasteiger partial charge in [-0.2, -0.15) is 0 Å². The number of ether oxygens (including phenoxy) is 1. The molecule has 0 saturated carbocycles. The first-order valence-corrected chi connectivity index (χ1v) is 7.78. The third-order valence-corrected chi connectivity index (χ3v) is 4.64. The summed E-state index contributed by atoms with van der Waals surface area (Å²) in [5.41, 5.74) is 0.898. The molecule has 1 fully saturated rings. The van der Waals surface area contributed by atoms with Crippen LogP contribution in [0.1, 0.15) is 18.0 Å². The number of nitrogens with one attached hydrogen (secondary N) is 1. The molecule has 1 aromatic carbocycles. The molecule has 0 aromatic heterocycles. The van der Waals surface area contributed by atoms with E-state index in [4.69, 9.17) is 16.3 Å². The van der Waals surface area contributed by atoms with Gasteiger partial charge in [0.1, 0.15) is 6.04 Å². The topological polar surface area (TPSA) is 41.6 Å². The van der Waals surface area contributed by atoms with Crippen LogP contribution in [-0.2, 0) is 9.53 Å². The number of carbonyl (C=O) groups is 1. The monoisotopic (exact) mass is 360 g/mol. The summed E-state index contributed by atoms with van der Waals surface area (Å²) in [4.78, 5) is 14.3. The minimum Gasteiger partial charge on any atom is -0.468 e. The fraction of sp³-hybridized carbons (Fsp3) is 0.500. The van der Waals surface area contributed by atoms with E-state index in [0.29, 0.717) is 5.02 Å². The van der Waals surface area contributed by atoms with Gasteiger partial charge >= 0.3 is 5.97 Å². The highest BCUT2D eigenvalue weighted by molar-refractivity contribution is 9.10. The quantitative estimate of drug-likeness (QED) is 0.840. The fourth-order valence-corrected chi connectivity index (χ4v) is 2.93. The molecule has 0 amide bonds. The molecule has 4 nitrogen and oxygen atoms in total. The number of rotatable bonds is 3. The predicted octanol–water partition coefficient (Wildman–Crippen LogP) is 2.61. The Labute approximate surface area is 132 Å². The summed E-state index contributed by atoms with van der Waals surface area (Å²) >= 11 is 9.43. The van der Waals surface area contributed by atoms with Crippen molar-refractivity contribution >= 4 is 33.5 Å². The standard InChI is InChI=1S/C14H18BrClN2O2/c1-20-14(19)13(18-7-2-5-17-6-8-18)10-3-4-12(16)11(15)9-10/h3-4,9,13,17H,2,5-8H2,1H3. The molecule has 2 rings (SSSR count). The lowest BCUT2D eigenvalue weighted by Gasteiger charge is -2.28. The minimum absolute atomic E-state index is 0.235. The Balaban J connectivity index is 2.30. The van der Waals surface area contributed by atoms with E-state index in [1.54, 1.807) is 6.07 Å². The maximum atomic E-state index is 12.2. The molecule has 110 valence electrons. The van der Waals surface area contributed by atoms with Crippen LogP contribution in [0.25, 0.3) is 0 Å². The summed E-state index contributed by atoms with van der Waals surface area (Å²) < 4.78 is 5.77.